The molecule has 1 amide bonds. The summed E-state index contributed by atoms with van der Waals surface area (Å²) in [5.74, 6) is -3.12. The van der Waals surface area contributed by atoms with Crippen LogP contribution in [0.25, 0.3) is 0 Å². The molecule has 0 aliphatic carbocycles. The summed E-state index contributed by atoms with van der Waals surface area (Å²) in [4.78, 5) is 37.0. The zero-order valence-electron chi connectivity index (χ0n) is 9.24. The maximum absolute atomic E-state index is 10.9. The number of carboxylic acids is 2. The van der Waals surface area contributed by atoms with Crippen LogP contribution in [0.4, 0.5) is 5.82 Å². The predicted octanol–water partition coefficient (Wildman–Crippen LogP) is -0.844. The summed E-state index contributed by atoms with van der Waals surface area (Å²) in [5, 5.41) is 17.4. The van der Waals surface area contributed by atoms with Gasteiger partial charge in [0.1, 0.15) is 24.6 Å². The molecule has 0 spiro atoms. The van der Waals surface area contributed by atoms with E-state index in [-0.39, 0.29) is 11.5 Å². The molecule has 0 saturated carbocycles. The van der Waals surface area contributed by atoms with Gasteiger partial charge in [-0.05, 0) is 12.1 Å². The van der Waals surface area contributed by atoms with E-state index in [0.29, 0.717) is 0 Å². The van der Waals surface area contributed by atoms with Crippen LogP contribution in [0.3, 0.4) is 0 Å². The van der Waals surface area contributed by atoms with Crippen LogP contribution in [0.5, 0.6) is 0 Å². The lowest BCUT2D eigenvalue weighted by Crippen LogP contribution is -2.35. The summed E-state index contributed by atoms with van der Waals surface area (Å²) in [5.41, 5.74) is 4.97. The number of pyridine rings is 1. The van der Waals surface area contributed by atoms with Crippen molar-refractivity contribution >= 4 is 23.7 Å². The zero-order valence-corrected chi connectivity index (χ0v) is 9.24. The third-order valence-corrected chi connectivity index (χ3v) is 1.96. The molecule has 8 heteroatoms. The molecule has 4 N–H and O–H groups in total. The second kappa shape index (κ2) is 5.62. The van der Waals surface area contributed by atoms with Crippen LogP contribution in [-0.2, 0) is 9.59 Å². The zero-order chi connectivity index (χ0) is 13.7. The molecule has 0 radical (unpaired) electrons. The summed E-state index contributed by atoms with van der Waals surface area (Å²) in [6, 6.07) is 4.20. The third-order valence-electron chi connectivity index (χ3n) is 1.96. The number of aromatic nitrogens is 1. The fraction of sp³-hybridized carbons (Fsp3) is 0.200. The van der Waals surface area contributed by atoms with Crippen LogP contribution in [-0.4, -0.2) is 46.1 Å². The largest absolute Gasteiger partial charge is 0.480 e. The van der Waals surface area contributed by atoms with E-state index in [9.17, 15) is 14.4 Å². The van der Waals surface area contributed by atoms with Gasteiger partial charge in [-0.1, -0.05) is 6.07 Å². The topological polar surface area (TPSA) is 134 Å². The molecule has 0 aliphatic heterocycles. The molecule has 1 heterocycles. The number of hydrogen-bond donors (Lipinski definition) is 3. The molecule has 8 nitrogen and oxygen atoms in total. The van der Waals surface area contributed by atoms with E-state index < -0.39 is 30.9 Å². The van der Waals surface area contributed by atoms with E-state index in [1.165, 1.54) is 18.2 Å². The van der Waals surface area contributed by atoms with E-state index in [1.807, 2.05) is 0 Å². The third kappa shape index (κ3) is 3.74. The van der Waals surface area contributed by atoms with Gasteiger partial charge in [0.2, 0.25) is 0 Å². The molecule has 0 aliphatic rings. The highest BCUT2D eigenvalue weighted by Crippen LogP contribution is 2.11. The average molecular weight is 253 g/mol. The van der Waals surface area contributed by atoms with E-state index in [2.05, 4.69) is 4.98 Å². The minimum atomic E-state index is -1.21. The van der Waals surface area contributed by atoms with Gasteiger partial charge in [-0.15, -0.1) is 0 Å². The molecular weight excluding hydrogens is 242 g/mol. The van der Waals surface area contributed by atoms with Gasteiger partial charge in [0.05, 0.1) is 0 Å². The number of carbonyl (C=O) groups excluding carboxylic acids is 1. The van der Waals surface area contributed by atoms with E-state index in [1.54, 1.807) is 0 Å². The standard InChI is InChI=1S/C10H11N3O5/c11-10(18)6-2-1-3-7(12-6)13(4-8(14)15)5-9(16)17/h1-3H,4-5H2,(H2,11,18)(H,14,15)(H,16,17). The Hall–Kier alpha value is -2.64. The van der Waals surface area contributed by atoms with Crippen molar-refractivity contribution in [2.75, 3.05) is 18.0 Å². The Labute approximate surface area is 102 Å². The first kappa shape index (κ1) is 13.4. The molecular formula is C10H11N3O5. The Morgan fingerprint density at radius 3 is 2.17 bits per heavy atom. The van der Waals surface area contributed by atoms with Gasteiger partial charge in [-0.25, -0.2) is 4.98 Å². The molecule has 1 aromatic rings. The first-order valence-electron chi connectivity index (χ1n) is 4.85. The quantitative estimate of drug-likeness (QED) is 0.601. The average Bonchev–Trinajstić information content (AvgIpc) is 2.27. The van der Waals surface area contributed by atoms with Crippen molar-refractivity contribution in [2.45, 2.75) is 0 Å². The van der Waals surface area contributed by atoms with Gasteiger partial charge in [-0.3, -0.25) is 14.4 Å². The number of rotatable bonds is 6. The van der Waals surface area contributed by atoms with Crippen molar-refractivity contribution < 1.29 is 24.6 Å². The molecule has 0 unspecified atom stereocenters. The van der Waals surface area contributed by atoms with Crippen LogP contribution in [0, 0.1) is 0 Å². The number of carboxylic acid groups (broad SMARTS) is 2. The summed E-state index contributed by atoms with van der Waals surface area (Å²) >= 11 is 0. The highest BCUT2D eigenvalue weighted by Gasteiger charge is 2.16. The Bertz CT molecular complexity index is 472. The maximum Gasteiger partial charge on any atom is 0.323 e. The number of aliphatic carboxylic acids is 2. The Balaban J connectivity index is 3.03. The van der Waals surface area contributed by atoms with E-state index in [4.69, 9.17) is 15.9 Å². The lowest BCUT2D eigenvalue weighted by Gasteiger charge is -2.19. The Morgan fingerprint density at radius 2 is 1.72 bits per heavy atom. The smallest absolute Gasteiger partial charge is 0.323 e. The van der Waals surface area contributed by atoms with Gasteiger partial charge in [0.25, 0.3) is 5.91 Å². The van der Waals surface area contributed by atoms with Crippen molar-refractivity contribution in [2.24, 2.45) is 5.73 Å². The predicted molar refractivity (Wildman–Crippen MR) is 60.2 cm³/mol. The number of anilines is 1. The minimum absolute atomic E-state index is 0.0618. The highest BCUT2D eigenvalue weighted by molar-refractivity contribution is 5.91. The van der Waals surface area contributed by atoms with Crippen molar-refractivity contribution in [3.8, 4) is 0 Å². The van der Waals surface area contributed by atoms with Crippen LogP contribution >= 0.6 is 0 Å². The van der Waals surface area contributed by atoms with Gasteiger partial charge in [0.15, 0.2) is 0 Å². The molecule has 0 bridgehead atoms. The van der Waals surface area contributed by atoms with E-state index in [0.717, 1.165) is 4.90 Å². The second-order valence-electron chi connectivity index (χ2n) is 3.39. The molecule has 0 saturated heterocycles. The van der Waals surface area contributed by atoms with Crippen molar-refractivity contribution in [1.82, 2.24) is 4.98 Å². The van der Waals surface area contributed by atoms with Gasteiger partial charge >= 0.3 is 11.9 Å². The highest BCUT2D eigenvalue weighted by atomic mass is 16.4. The number of carbonyl (C=O) groups is 3. The first-order valence-corrected chi connectivity index (χ1v) is 4.85. The summed E-state index contributed by atoms with van der Waals surface area (Å²) in [6.45, 7) is -1.08. The van der Waals surface area contributed by atoms with Crippen molar-refractivity contribution in [1.29, 1.82) is 0 Å². The molecule has 96 valence electrons. The normalized spacial score (nSPS) is 9.78. The minimum Gasteiger partial charge on any atom is -0.480 e. The molecule has 1 rings (SSSR count). The van der Waals surface area contributed by atoms with E-state index >= 15 is 0 Å². The molecule has 0 fully saturated rings. The fourth-order valence-electron chi connectivity index (χ4n) is 1.28. The Morgan fingerprint density at radius 1 is 1.17 bits per heavy atom. The lowest BCUT2D eigenvalue weighted by molar-refractivity contribution is -0.136. The number of primary amides is 1. The van der Waals surface area contributed by atoms with Crippen molar-refractivity contribution in [3.05, 3.63) is 23.9 Å². The number of nitrogens with zero attached hydrogens (tertiary/aromatic N) is 2. The summed E-state index contributed by atoms with van der Waals surface area (Å²) in [6.07, 6.45) is 0. The SMILES string of the molecule is NC(=O)c1cccc(N(CC(=O)O)CC(=O)O)n1. The second-order valence-corrected chi connectivity index (χ2v) is 3.39. The molecule has 0 aromatic carbocycles. The number of amides is 1. The van der Waals surface area contributed by atoms with Gasteiger partial charge < -0.3 is 20.8 Å². The fourth-order valence-corrected chi connectivity index (χ4v) is 1.28. The van der Waals surface area contributed by atoms with Crippen LogP contribution < -0.4 is 10.6 Å². The number of nitrogens with two attached hydrogens (primary N) is 1. The van der Waals surface area contributed by atoms with Gasteiger partial charge in [-0.2, -0.15) is 0 Å². The first-order chi connectivity index (χ1) is 8.40. The summed E-state index contributed by atoms with van der Waals surface area (Å²) in [7, 11) is 0. The van der Waals surface area contributed by atoms with Crippen LogP contribution in [0.15, 0.2) is 18.2 Å². The Kier molecular flexibility index (Phi) is 4.19. The summed E-state index contributed by atoms with van der Waals surface area (Å²) < 4.78 is 0. The van der Waals surface area contributed by atoms with Crippen LogP contribution in [0.2, 0.25) is 0 Å². The maximum atomic E-state index is 10.9. The van der Waals surface area contributed by atoms with Crippen LogP contribution in [0.1, 0.15) is 10.5 Å². The lowest BCUT2D eigenvalue weighted by atomic mass is 10.3. The monoisotopic (exact) mass is 253 g/mol. The molecule has 1 aromatic heterocycles. The number of hydrogen-bond acceptors (Lipinski definition) is 5. The molecule has 0 atom stereocenters. The molecule has 18 heavy (non-hydrogen) atoms. The van der Waals surface area contributed by atoms with Crippen molar-refractivity contribution in [3.63, 3.8) is 0 Å². The van der Waals surface area contributed by atoms with Gasteiger partial charge in [0, 0.05) is 0 Å².